The Labute approximate surface area is 131 Å². The molecule has 2 amide bonds. The van der Waals surface area contributed by atoms with E-state index in [1.54, 1.807) is 15.8 Å². The van der Waals surface area contributed by atoms with Gasteiger partial charge in [-0.3, -0.25) is 14.7 Å². The van der Waals surface area contributed by atoms with Gasteiger partial charge in [0.2, 0.25) is 0 Å². The minimum Gasteiger partial charge on any atom is -0.365 e. The maximum absolute atomic E-state index is 12.5. The Morgan fingerprint density at radius 2 is 2.32 bits per heavy atom. The lowest BCUT2D eigenvalue weighted by atomic mass is 9.77. The van der Waals surface area contributed by atoms with Gasteiger partial charge in [-0.1, -0.05) is 6.92 Å². The largest absolute Gasteiger partial charge is 0.365 e. The summed E-state index contributed by atoms with van der Waals surface area (Å²) in [6.45, 7) is 3.21. The molecule has 0 unspecified atom stereocenters. The molecule has 1 saturated heterocycles. The molecule has 0 bridgehead atoms. The number of H-pyrrole nitrogens is 1. The molecule has 0 saturated carbocycles. The number of amides is 2. The van der Waals surface area contributed by atoms with Crippen molar-refractivity contribution in [2.24, 2.45) is 5.73 Å². The topological polar surface area (TPSA) is 105 Å². The van der Waals surface area contributed by atoms with E-state index in [9.17, 15) is 9.59 Å². The van der Waals surface area contributed by atoms with Gasteiger partial charge >= 0.3 is 0 Å². The summed E-state index contributed by atoms with van der Waals surface area (Å²) < 4.78 is 0. The number of nitrogens with one attached hydrogen (secondary N) is 1. The number of primary amides is 1. The van der Waals surface area contributed by atoms with Crippen LogP contribution in [-0.4, -0.2) is 45.0 Å². The van der Waals surface area contributed by atoms with Gasteiger partial charge in [-0.05, 0) is 12.8 Å². The fourth-order valence-electron chi connectivity index (χ4n) is 3.03. The summed E-state index contributed by atoms with van der Waals surface area (Å²) >= 11 is 1.40. The number of rotatable bonds is 3. The van der Waals surface area contributed by atoms with Crippen LogP contribution in [0.3, 0.4) is 0 Å². The maximum atomic E-state index is 12.5. The minimum absolute atomic E-state index is 0.0766. The number of hydrogen-bond donors (Lipinski definition) is 2. The van der Waals surface area contributed by atoms with Crippen LogP contribution < -0.4 is 5.73 Å². The molecule has 2 aromatic rings. The second-order valence-electron chi connectivity index (χ2n) is 5.79. The lowest BCUT2D eigenvalue weighted by Gasteiger charge is -2.40. The SMILES string of the molecule is C[C@]1(c2[nH]ncc2C(N)=O)CCCN(C(=O)c2cscn2)C1. The lowest BCUT2D eigenvalue weighted by molar-refractivity contribution is 0.0642. The van der Waals surface area contributed by atoms with Crippen molar-refractivity contribution in [1.29, 1.82) is 0 Å². The van der Waals surface area contributed by atoms with Crippen molar-refractivity contribution in [2.75, 3.05) is 13.1 Å². The van der Waals surface area contributed by atoms with Crippen LogP contribution in [0.25, 0.3) is 0 Å². The van der Waals surface area contributed by atoms with E-state index in [4.69, 9.17) is 5.73 Å². The predicted molar refractivity (Wildman–Crippen MR) is 81.7 cm³/mol. The lowest BCUT2D eigenvalue weighted by Crippen LogP contribution is -2.48. The first-order chi connectivity index (χ1) is 10.5. The Bertz CT molecular complexity index is 696. The molecule has 1 fully saturated rings. The highest BCUT2D eigenvalue weighted by molar-refractivity contribution is 7.07. The summed E-state index contributed by atoms with van der Waals surface area (Å²) in [5.74, 6) is -0.583. The fraction of sp³-hybridized carbons (Fsp3) is 0.429. The smallest absolute Gasteiger partial charge is 0.273 e. The van der Waals surface area contributed by atoms with E-state index in [0.29, 0.717) is 30.0 Å². The summed E-state index contributed by atoms with van der Waals surface area (Å²) in [4.78, 5) is 29.9. The number of nitrogens with zero attached hydrogens (tertiary/aromatic N) is 3. The van der Waals surface area contributed by atoms with Crippen molar-refractivity contribution in [1.82, 2.24) is 20.1 Å². The van der Waals surface area contributed by atoms with E-state index < -0.39 is 5.91 Å². The number of nitrogens with two attached hydrogens (primary N) is 1. The number of piperidine rings is 1. The van der Waals surface area contributed by atoms with E-state index in [2.05, 4.69) is 15.2 Å². The highest BCUT2D eigenvalue weighted by Gasteiger charge is 2.38. The quantitative estimate of drug-likeness (QED) is 0.885. The van der Waals surface area contributed by atoms with E-state index in [0.717, 1.165) is 12.8 Å². The van der Waals surface area contributed by atoms with Crippen LogP contribution >= 0.6 is 11.3 Å². The Morgan fingerprint density at radius 3 is 3.00 bits per heavy atom. The third-order valence-electron chi connectivity index (χ3n) is 4.14. The van der Waals surface area contributed by atoms with Crippen LogP contribution in [0.4, 0.5) is 0 Å². The van der Waals surface area contributed by atoms with Crippen molar-refractivity contribution in [2.45, 2.75) is 25.2 Å². The molecule has 116 valence electrons. The molecule has 7 nitrogen and oxygen atoms in total. The van der Waals surface area contributed by atoms with Gasteiger partial charge in [-0.15, -0.1) is 11.3 Å². The zero-order valence-electron chi connectivity index (χ0n) is 12.2. The Balaban J connectivity index is 1.87. The zero-order valence-corrected chi connectivity index (χ0v) is 13.0. The Morgan fingerprint density at radius 1 is 1.50 bits per heavy atom. The average Bonchev–Trinajstić information content (AvgIpc) is 3.18. The number of thiazole rings is 1. The third kappa shape index (κ3) is 2.50. The van der Waals surface area contributed by atoms with Crippen molar-refractivity contribution in [3.63, 3.8) is 0 Å². The van der Waals surface area contributed by atoms with Crippen LogP contribution in [0.1, 0.15) is 46.3 Å². The molecule has 3 N–H and O–H groups in total. The van der Waals surface area contributed by atoms with Gasteiger partial charge < -0.3 is 10.6 Å². The molecule has 1 aliphatic heterocycles. The molecule has 22 heavy (non-hydrogen) atoms. The molecule has 2 aromatic heterocycles. The maximum Gasteiger partial charge on any atom is 0.273 e. The van der Waals surface area contributed by atoms with Crippen LogP contribution in [-0.2, 0) is 5.41 Å². The molecule has 0 spiro atoms. The molecular weight excluding hydrogens is 302 g/mol. The van der Waals surface area contributed by atoms with Crippen LogP contribution in [0.5, 0.6) is 0 Å². The second-order valence-corrected chi connectivity index (χ2v) is 6.51. The number of carbonyl (C=O) groups excluding carboxylic acids is 2. The van der Waals surface area contributed by atoms with Gasteiger partial charge in [0, 0.05) is 23.9 Å². The van der Waals surface area contributed by atoms with E-state index in [-0.39, 0.29) is 11.3 Å². The first kappa shape index (κ1) is 14.7. The first-order valence-electron chi connectivity index (χ1n) is 7.02. The van der Waals surface area contributed by atoms with Gasteiger partial charge in [0.25, 0.3) is 11.8 Å². The second kappa shape index (κ2) is 5.53. The molecule has 0 aromatic carbocycles. The summed E-state index contributed by atoms with van der Waals surface area (Å²) in [5.41, 5.74) is 8.25. The monoisotopic (exact) mass is 319 g/mol. The third-order valence-corrected chi connectivity index (χ3v) is 4.73. The average molecular weight is 319 g/mol. The molecular formula is C14H17N5O2S. The summed E-state index contributed by atoms with van der Waals surface area (Å²) in [6, 6.07) is 0. The number of carbonyl (C=O) groups is 2. The highest BCUT2D eigenvalue weighted by atomic mass is 32.1. The summed E-state index contributed by atoms with van der Waals surface area (Å²) in [7, 11) is 0. The molecule has 3 rings (SSSR count). The first-order valence-corrected chi connectivity index (χ1v) is 7.97. The normalized spacial score (nSPS) is 21.8. The zero-order chi connectivity index (χ0) is 15.7. The number of aromatic amines is 1. The van der Waals surface area contributed by atoms with Crippen LogP contribution in [0, 0.1) is 0 Å². The fourth-order valence-corrected chi connectivity index (χ4v) is 3.56. The summed E-state index contributed by atoms with van der Waals surface area (Å²) in [6.07, 6.45) is 3.16. The molecule has 1 aliphatic rings. The molecule has 0 aliphatic carbocycles. The molecule has 3 heterocycles. The van der Waals surface area contributed by atoms with Crippen LogP contribution in [0.15, 0.2) is 17.1 Å². The molecule has 8 heteroatoms. The number of hydrogen-bond acceptors (Lipinski definition) is 5. The number of aromatic nitrogens is 3. The standard InChI is InChI=1S/C14H17N5O2S/c1-14(11-9(12(15)20)5-17-18-11)3-2-4-19(7-14)13(21)10-6-22-8-16-10/h5-6,8H,2-4,7H2,1H3,(H2,15,20)(H,17,18)/t14-/m0/s1. The molecule has 0 radical (unpaired) electrons. The highest BCUT2D eigenvalue weighted by Crippen LogP contribution is 2.34. The van der Waals surface area contributed by atoms with Gasteiger partial charge in [-0.2, -0.15) is 5.10 Å². The number of likely N-dealkylation sites (tertiary alicyclic amines) is 1. The Hall–Kier alpha value is -2.22. The van der Waals surface area contributed by atoms with E-state index in [1.165, 1.54) is 17.5 Å². The summed E-state index contributed by atoms with van der Waals surface area (Å²) in [5, 5.41) is 8.58. The predicted octanol–water partition coefficient (Wildman–Crippen LogP) is 1.16. The minimum atomic E-state index is -0.507. The van der Waals surface area contributed by atoms with Crippen molar-refractivity contribution in [3.8, 4) is 0 Å². The van der Waals surface area contributed by atoms with Gasteiger partial charge in [0.15, 0.2) is 0 Å². The van der Waals surface area contributed by atoms with Gasteiger partial charge in [0.1, 0.15) is 5.69 Å². The van der Waals surface area contributed by atoms with Crippen LogP contribution in [0.2, 0.25) is 0 Å². The Kier molecular flexibility index (Phi) is 3.69. The van der Waals surface area contributed by atoms with E-state index in [1.807, 2.05) is 6.92 Å². The van der Waals surface area contributed by atoms with Gasteiger partial charge in [-0.25, -0.2) is 4.98 Å². The van der Waals surface area contributed by atoms with Crippen molar-refractivity contribution < 1.29 is 9.59 Å². The van der Waals surface area contributed by atoms with Gasteiger partial charge in [0.05, 0.1) is 23.0 Å². The van der Waals surface area contributed by atoms with Crippen molar-refractivity contribution >= 4 is 23.2 Å². The van der Waals surface area contributed by atoms with Crippen molar-refractivity contribution in [3.05, 3.63) is 34.0 Å². The van der Waals surface area contributed by atoms with E-state index >= 15 is 0 Å². The molecule has 1 atom stereocenters.